The number of nitrogens with two attached hydrogens (primary N) is 2. The van der Waals surface area contributed by atoms with Crippen LogP contribution in [0.25, 0.3) is 22.3 Å². The quantitative estimate of drug-likeness (QED) is 0.273. The van der Waals surface area contributed by atoms with Gasteiger partial charge in [0.15, 0.2) is 28.2 Å². The third-order valence-corrected chi connectivity index (χ3v) is 6.13. The molecule has 15 heteroatoms. The molecule has 1 atom stereocenters. The van der Waals surface area contributed by atoms with Crippen molar-refractivity contribution in [1.82, 2.24) is 40.0 Å². The van der Waals surface area contributed by atoms with E-state index in [1.165, 1.54) is 0 Å². The molecule has 5 heterocycles. The minimum atomic E-state index is -0.162. The molecular weight excluding hydrogens is 583 g/mol. The number of nitrogen functional groups attached to an aromatic ring is 2. The van der Waals surface area contributed by atoms with Crippen LogP contribution in [0.4, 0.5) is 11.6 Å². The van der Waals surface area contributed by atoms with Gasteiger partial charge >= 0.3 is 0 Å². The Morgan fingerprint density at radius 1 is 0.857 bits per heavy atom. The van der Waals surface area contributed by atoms with Crippen molar-refractivity contribution in [2.75, 3.05) is 31.3 Å². The molecule has 0 aliphatic carbocycles. The van der Waals surface area contributed by atoms with E-state index in [9.17, 15) is 0 Å². The molecule has 5 rings (SSSR count). The second kappa shape index (κ2) is 15.7. The Bertz CT molecular complexity index is 1600. The van der Waals surface area contributed by atoms with Gasteiger partial charge in [-0.15, -0.1) is 20.4 Å². The number of hydrogen-bond donors (Lipinski definition) is 3. The van der Waals surface area contributed by atoms with E-state index in [1.807, 2.05) is 6.20 Å². The lowest BCUT2D eigenvalue weighted by Crippen LogP contribution is -2.22. The third-order valence-electron chi connectivity index (χ3n) is 5.76. The van der Waals surface area contributed by atoms with Crippen LogP contribution in [0, 0.1) is 23.7 Å². The fourth-order valence-corrected chi connectivity index (χ4v) is 4.05. The monoisotopic (exact) mass is 610 g/mol. The molecule has 0 radical (unpaired) electrons. The number of aliphatic hydroxyl groups excluding tert-OH is 1. The Balaban J connectivity index is 0.000000201. The van der Waals surface area contributed by atoms with Gasteiger partial charge in [-0.1, -0.05) is 46.9 Å². The maximum Gasteiger partial charge on any atom is 0.158 e. The third kappa shape index (κ3) is 9.14. The fourth-order valence-electron chi connectivity index (χ4n) is 3.75. The molecule has 0 bridgehead atoms. The summed E-state index contributed by atoms with van der Waals surface area (Å²) in [6.07, 6.45) is 10.0. The van der Waals surface area contributed by atoms with E-state index in [0.29, 0.717) is 42.5 Å². The highest BCUT2D eigenvalue weighted by atomic mass is 35.5. The predicted octanol–water partition coefficient (Wildman–Crippen LogP) is 2.69. The largest absolute Gasteiger partial charge is 0.384 e. The zero-order chi connectivity index (χ0) is 29.7. The Hall–Kier alpha value is -4.24. The summed E-state index contributed by atoms with van der Waals surface area (Å²) in [4.78, 5) is 0. The number of ether oxygens (including phenoxy) is 2. The second-order valence-corrected chi connectivity index (χ2v) is 9.53. The summed E-state index contributed by atoms with van der Waals surface area (Å²) in [5, 5.41) is 32.4. The van der Waals surface area contributed by atoms with Crippen molar-refractivity contribution in [2.24, 2.45) is 0 Å². The lowest BCUT2D eigenvalue weighted by atomic mass is 10.1. The summed E-state index contributed by atoms with van der Waals surface area (Å²) < 4.78 is 14.4. The smallest absolute Gasteiger partial charge is 0.158 e. The highest BCUT2D eigenvalue weighted by molar-refractivity contribution is 6.30. The Morgan fingerprint density at radius 2 is 1.43 bits per heavy atom. The molecule has 1 aliphatic heterocycles. The summed E-state index contributed by atoms with van der Waals surface area (Å²) in [7, 11) is 0. The Kier molecular flexibility index (Phi) is 11.5. The molecule has 1 aliphatic rings. The van der Waals surface area contributed by atoms with Crippen molar-refractivity contribution in [3.63, 3.8) is 0 Å². The van der Waals surface area contributed by atoms with Crippen LogP contribution in [0.2, 0.25) is 10.3 Å². The van der Waals surface area contributed by atoms with Crippen molar-refractivity contribution in [3.05, 3.63) is 47.2 Å². The molecule has 0 amide bonds. The molecule has 1 saturated heterocycles. The number of aromatic nitrogens is 8. The van der Waals surface area contributed by atoms with Crippen LogP contribution < -0.4 is 11.5 Å². The first-order valence-corrected chi connectivity index (χ1v) is 13.6. The van der Waals surface area contributed by atoms with Gasteiger partial charge in [0.05, 0.1) is 12.4 Å². The summed E-state index contributed by atoms with van der Waals surface area (Å²) >= 11 is 11.6. The molecule has 0 aromatic carbocycles. The first kappa shape index (κ1) is 30.7. The fraction of sp³-hybridized carbons (Fsp3) is 0.333. The minimum absolute atomic E-state index is 0.115. The summed E-state index contributed by atoms with van der Waals surface area (Å²) in [5.41, 5.74) is 14.5. The highest BCUT2D eigenvalue weighted by Gasteiger charge is 2.13. The van der Waals surface area contributed by atoms with E-state index in [-0.39, 0.29) is 23.2 Å². The number of aliphatic hydroxyl groups is 1. The van der Waals surface area contributed by atoms with Crippen LogP contribution in [0.15, 0.2) is 36.9 Å². The van der Waals surface area contributed by atoms with Crippen LogP contribution in [-0.4, -0.2) is 71.2 Å². The van der Waals surface area contributed by atoms with Gasteiger partial charge in [-0.25, -0.2) is 0 Å². The first-order chi connectivity index (χ1) is 20.4. The molecular formula is C27H28Cl2N10O3. The summed E-state index contributed by atoms with van der Waals surface area (Å²) in [6, 6.07) is 3.29. The van der Waals surface area contributed by atoms with Crippen LogP contribution in [0.3, 0.4) is 0 Å². The van der Waals surface area contributed by atoms with E-state index in [2.05, 4.69) is 54.3 Å². The first-order valence-electron chi connectivity index (χ1n) is 12.8. The van der Waals surface area contributed by atoms with E-state index in [4.69, 9.17) is 49.2 Å². The van der Waals surface area contributed by atoms with Crippen LogP contribution >= 0.6 is 23.2 Å². The van der Waals surface area contributed by atoms with Crippen LogP contribution in [0.5, 0.6) is 0 Å². The van der Waals surface area contributed by atoms with E-state index in [1.54, 1.807) is 40.1 Å². The maximum absolute atomic E-state index is 8.54. The lowest BCUT2D eigenvalue weighted by molar-refractivity contribution is -0.154. The zero-order valence-corrected chi connectivity index (χ0v) is 24.0. The van der Waals surface area contributed by atoms with Gasteiger partial charge in [-0.05, 0) is 31.4 Å². The topological polar surface area (TPSA) is 178 Å². The Labute approximate surface area is 252 Å². The predicted molar refractivity (Wildman–Crippen MR) is 158 cm³/mol. The van der Waals surface area contributed by atoms with Crippen LogP contribution in [0.1, 0.15) is 19.3 Å². The molecule has 13 nitrogen and oxygen atoms in total. The average Bonchev–Trinajstić information content (AvgIpc) is 3.67. The maximum atomic E-state index is 8.54. The molecule has 4 aromatic rings. The van der Waals surface area contributed by atoms with Crippen molar-refractivity contribution in [2.45, 2.75) is 38.6 Å². The molecule has 218 valence electrons. The normalized spacial score (nSPS) is 14.1. The number of anilines is 2. The Morgan fingerprint density at radius 3 is 1.95 bits per heavy atom. The van der Waals surface area contributed by atoms with Gasteiger partial charge in [0.25, 0.3) is 0 Å². The van der Waals surface area contributed by atoms with Gasteiger partial charge in [-0.3, -0.25) is 9.36 Å². The van der Waals surface area contributed by atoms with Gasteiger partial charge in [0, 0.05) is 41.3 Å². The molecule has 1 unspecified atom stereocenters. The second-order valence-electron chi connectivity index (χ2n) is 8.76. The zero-order valence-electron chi connectivity index (χ0n) is 22.5. The average molecular weight is 611 g/mol. The highest BCUT2D eigenvalue weighted by Crippen LogP contribution is 2.26. The number of rotatable bonds is 6. The standard InChI is InChI=1S/C16H18ClN5O2.C11H10ClN5O/c17-14-9-13(16(18)21-20-14)12-10-19-22(11-12)6-2-4-8-24-15-5-1-3-7-23-15;12-10-5-9(11(13)16-15-10)8-6-14-17(7-8)3-1-2-4-18/h9-11,15H,1,3,5-8H2,(H2,18,21);5-7,18H,3-4H2,(H2,13,16). The molecule has 4 aromatic heterocycles. The van der Waals surface area contributed by atoms with Crippen molar-refractivity contribution >= 4 is 34.8 Å². The van der Waals surface area contributed by atoms with Gasteiger partial charge in [0.1, 0.15) is 26.3 Å². The summed E-state index contributed by atoms with van der Waals surface area (Å²) in [5.74, 6) is 11.9. The van der Waals surface area contributed by atoms with E-state index in [0.717, 1.165) is 37.0 Å². The van der Waals surface area contributed by atoms with E-state index < -0.39 is 0 Å². The summed E-state index contributed by atoms with van der Waals surface area (Å²) in [6.45, 7) is 1.82. The lowest BCUT2D eigenvalue weighted by Gasteiger charge is -2.21. The SMILES string of the molecule is Nc1nnc(Cl)cc1-c1cnn(CC#CCO)c1.Nc1nnc(Cl)cc1-c1cnn(CC#CCOC2CCCCO2)c1. The van der Waals surface area contributed by atoms with Crippen molar-refractivity contribution in [1.29, 1.82) is 0 Å². The van der Waals surface area contributed by atoms with Gasteiger partial charge in [-0.2, -0.15) is 10.2 Å². The van der Waals surface area contributed by atoms with Gasteiger partial charge < -0.3 is 26.0 Å². The number of nitrogens with zero attached hydrogens (tertiary/aromatic N) is 8. The number of halogens is 2. The molecule has 0 saturated carbocycles. The van der Waals surface area contributed by atoms with Crippen LogP contribution in [-0.2, 0) is 22.6 Å². The molecule has 42 heavy (non-hydrogen) atoms. The van der Waals surface area contributed by atoms with Crippen molar-refractivity contribution in [3.8, 4) is 45.9 Å². The minimum Gasteiger partial charge on any atom is -0.384 e. The molecule has 0 spiro atoms. The molecule has 5 N–H and O–H groups in total. The molecule has 1 fully saturated rings. The van der Waals surface area contributed by atoms with E-state index >= 15 is 0 Å². The number of hydrogen-bond acceptors (Lipinski definition) is 11. The van der Waals surface area contributed by atoms with Crippen molar-refractivity contribution < 1.29 is 14.6 Å². The van der Waals surface area contributed by atoms with Gasteiger partial charge in [0.2, 0.25) is 0 Å².